The summed E-state index contributed by atoms with van der Waals surface area (Å²) >= 11 is 0. The third kappa shape index (κ3) is 5.23. The molecule has 6 heteroatoms. The zero-order chi connectivity index (χ0) is 14.9. The summed E-state index contributed by atoms with van der Waals surface area (Å²) in [7, 11) is 0. The van der Waals surface area contributed by atoms with Crippen LogP contribution in [0.15, 0.2) is 29.5 Å². The molecule has 6 nitrogen and oxygen atoms in total. The molecule has 0 amide bonds. The maximum absolute atomic E-state index is 5.87. The second kappa shape index (κ2) is 8.46. The lowest BCUT2D eigenvalue weighted by Crippen LogP contribution is -2.37. The van der Waals surface area contributed by atoms with Crippen molar-refractivity contribution in [2.75, 3.05) is 32.8 Å². The fourth-order valence-corrected chi connectivity index (χ4v) is 2.56. The van der Waals surface area contributed by atoms with Crippen molar-refractivity contribution in [3.8, 4) is 5.75 Å². The summed E-state index contributed by atoms with van der Waals surface area (Å²) < 4.78 is 5.52. The van der Waals surface area contributed by atoms with Gasteiger partial charge in [0.25, 0.3) is 0 Å². The van der Waals surface area contributed by atoms with E-state index in [-0.39, 0.29) is 0 Å². The third-order valence-electron chi connectivity index (χ3n) is 3.69. The summed E-state index contributed by atoms with van der Waals surface area (Å²) in [6.07, 6.45) is 5.89. The van der Waals surface area contributed by atoms with Crippen LogP contribution < -0.4 is 15.8 Å². The van der Waals surface area contributed by atoms with Gasteiger partial charge in [-0.15, -0.1) is 0 Å². The number of hydrogen-bond acceptors (Lipinski definition) is 4. The summed E-state index contributed by atoms with van der Waals surface area (Å²) in [6.45, 7) is 6.41. The Hall–Kier alpha value is -1.82. The molecule has 1 atom stereocenters. The van der Waals surface area contributed by atoms with Gasteiger partial charge in [-0.05, 0) is 38.1 Å². The summed E-state index contributed by atoms with van der Waals surface area (Å²) in [5.41, 5.74) is 5.87. The Morgan fingerprint density at radius 3 is 3.29 bits per heavy atom. The molecule has 21 heavy (non-hydrogen) atoms. The third-order valence-corrected chi connectivity index (χ3v) is 3.69. The van der Waals surface area contributed by atoms with Crippen LogP contribution in [0.4, 0.5) is 0 Å². The molecule has 2 rings (SSSR count). The van der Waals surface area contributed by atoms with Crippen molar-refractivity contribution in [1.82, 2.24) is 15.2 Å². The lowest BCUT2D eigenvalue weighted by Gasteiger charge is -2.20. The molecule has 1 saturated heterocycles. The van der Waals surface area contributed by atoms with Gasteiger partial charge in [-0.1, -0.05) is 6.92 Å². The topological polar surface area (TPSA) is 75.8 Å². The normalized spacial score (nSPS) is 19.7. The van der Waals surface area contributed by atoms with E-state index in [1.165, 1.54) is 19.4 Å². The van der Waals surface area contributed by atoms with Crippen molar-refractivity contribution in [3.05, 3.63) is 24.5 Å². The summed E-state index contributed by atoms with van der Waals surface area (Å²) in [4.78, 5) is 10.9. The Morgan fingerprint density at radius 1 is 1.62 bits per heavy atom. The first-order valence-electron chi connectivity index (χ1n) is 7.60. The Balaban J connectivity index is 1.62. The number of aromatic nitrogens is 1. The van der Waals surface area contributed by atoms with Crippen LogP contribution in [0.3, 0.4) is 0 Å². The number of nitrogens with one attached hydrogen (secondary N) is 1. The van der Waals surface area contributed by atoms with Gasteiger partial charge in [-0.25, -0.2) is 0 Å². The number of nitrogens with two attached hydrogens (primary N) is 1. The highest BCUT2D eigenvalue weighted by atomic mass is 16.5. The second-order valence-corrected chi connectivity index (χ2v) is 5.11. The average Bonchev–Trinajstić information content (AvgIpc) is 2.98. The van der Waals surface area contributed by atoms with E-state index in [1.807, 2.05) is 12.1 Å². The standard InChI is InChI=1S/C15H25N5O/c1-2-20-9-4-5-13(20)11-19-15(16)18-8-10-21-14-6-3-7-17-12-14/h3,6-7,12-13H,2,4-5,8-11H2,1H3,(H3,16,18,19). The number of ether oxygens (including phenoxy) is 1. The monoisotopic (exact) mass is 291 g/mol. The lowest BCUT2D eigenvalue weighted by atomic mass is 10.2. The molecule has 0 radical (unpaired) electrons. The van der Waals surface area contributed by atoms with E-state index in [1.54, 1.807) is 12.4 Å². The summed E-state index contributed by atoms with van der Waals surface area (Å²) in [6, 6.07) is 4.27. The van der Waals surface area contributed by atoms with Gasteiger partial charge in [0.05, 0.1) is 19.3 Å². The number of pyridine rings is 1. The first kappa shape index (κ1) is 15.6. The number of rotatable bonds is 7. The average molecular weight is 291 g/mol. The molecule has 1 unspecified atom stereocenters. The van der Waals surface area contributed by atoms with E-state index < -0.39 is 0 Å². The van der Waals surface area contributed by atoms with Crippen LogP contribution in [0, 0.1) is 0 Å². The molecule has 0 spiro atoms. The Kier molecular flexibility index (Phi) is 6.27. The van der Waals surface area contributed by atoms with Crippen LogP contribution in [0.2, 0.25) is 0 Å². The number of likely N-dealkylation sites (tertiary alicyclic amines) is 1. The molecule has 1 aliphatic heterocycles. The van der Waals surface area contributed by atoms with Gasteiger partial charge < -0.3 is 15.8 Å². The fourth-order valence-electron chi connectivity index (χ4n) is 2.56. The van der Waals surface area contributed by atoms with E-state index in [9.17, 15) is 0 Å². The van der Waals surface area contributed by atoms with Crippen molar-refractivity contribution in [2.45, 2.75) is 25.8 Å². The smallest absolute Gasteiger partial charge is 0.188 e. The lowest BCUT2D eigenvalue weighted by molar-refractivity contribution is 0.273. The van der Waals surface area contributed by atoms with Gasteiger partial charge in [0.2, 0.25) is 0 Å². The molecular weight excluding hydrogens is 266 g/mol. The predicted molar refractivity (Wildman–Crippen MR) is 84.5 cm³/mol. The highest BCUT2D eigenvalue weighted by molar-refractivity contribution is 5.77. The van der Waals surface area contributed by atoms with E-state index in [0.29, 0.717) is 25.2 Å². The second-order valence-electron chi connectivity index (χ2n) is 5.11. The highest BCUT2D eigenvalue weighted by Gasteiger charge is 2.22. The molecule has 3 N–H and O–H groups in total. The van der Waals surface area contributed by atoms with Crippen molar-refractivity contribution in [3.63, 3.8) is 0 Å². The van der Waals surface area contributed by atoms with E-state index in [0.717, 1.165) is 18.8 Å². The predicted octanol–water partition coefficient (Wildman–Crippen LogP) is 0.849. The molecule has 1 aromatic heterocycles. The SMILES string of the molecule is CCN1CCCC1CN=C(N)NCCOc1cccnc1. The molecule has 0 aliphatic carbocycles. The number of hydrogen-bond donors (Lipinski definition) is 2. The highest BCUT2D eigenvalue weighted by Crippen LogP contribution is 2.16. The van der Waals surface area contributed by atoms with Gasteiger partial charge >= 0.3 is 0 Å². The summed E-state index contributed by atoms with van der Waals surface area (Å²) in [5.74, 6) is 1.26. The molecule has 2 heterocycles. The van der Waals surface area contributed by atoms with Gasteiger partial charge in [0.15, 0.2) is 5.96 Å². The zero-order valence-corrected chi connectivity index (χ0v) is 12.7. The van der Waals surface area contributed by atoms with Crippen LogP contribution in [-0.2, 0) is 0 Å². The Labute approximate surface area is 126 Å². The number of nitrogens with zero attached hydrogens (tertiary/aromatic N) is 3. The number of guanidine groups is 1. The van der Waals surface area contributed by atoms with Gasteiger partial charge in [0.1, 0.15) is 12.4 Å². The van der Waals surface area contributed by atoms with Gasteiger partial charge in [-0.2, -0.15) is 0 Å². The van der Waals surface area contributed by atoms with Crippen LogP contribution in [-0.4, -0.2) is 54.7 Å². The first-order valence-corrected chi connectivity index (χ1v) is 7.60. The van der Waals surface area contributed by atoms with Crippen LogP contribution >= 0.6 is 0 Å². The molecule has 1 aliphatic rings. The van der Waals surface area contributed by atoms with E-state index in [2.05, 4.69) is 27.1 Å². The van der Waals surface area contributed by atoms with Crippen molar-refractivity contribution in [2.24, 2.45) is 10.7 Å². The Bertz CT molecular complexity index is 437. The zero-order valence-electron chi connectivity index (χ0n) is 12.7. The first-order chi connectivity index (χ1) is 10.3. The Morgan fingerprint density at radius 2 is 2.52 bits per heavy atom. The van der Waals surface area contributed by atoms with Crippen LogP contribution in [0.5, 0.6) is 5.75 Å². The molecular formula is C15H25N5O. The number of aliphatic imine (C=N–C) groups is 1. The van der Waals surface area contributed by atoms with Crippen LogP contribution in [0.1, 0.15) is 19.8 Å². The van der Waals surface area contributed by atoms with Gasteiger partial charge in [-0.3, -0.25) is 14.9 Å². The molecule has 1 fully saturated rings. The maximum Gasteiger partial charge on any atom is 0.188 e. The largest absolute Gasteiger partial charge is 0.490 e. The van der Waals surface area contributed by atoms with Gasteiger partial charge in [0, 0.05) is 12.2 Å². The van der Waals surface area contributed by atoms with E-state index in [4.69, 9.17) is 10.5 Å². The minimum absolute atomic E-state index is 0.493. The summed E-state index contributed by atoms with van der Waals surface area (Å²) in [5, 5.41) is 3.07. The molecule has 0 saturated carbocycles. The minimum Gasteiger partial charge on any atom is -0.490 e. The minimum atomic E-state index is 0.493. The molecule has 0 bridgehead atoms. The maximum atomic E-state index is 5.87. The number of likely N-dealkylation sites (N-methyl/N-ethyl adjacent to an activating group) is 1. The quantitative estimate of drug-likeness (QED) is 0.442. The van der Waals surface area contributed by atoms with Crippen molar-refractivity contribution < 1.29 is 4.74 Å². The fraction of sp³-hybridized carbons (Fsp3) is 0.600. The van der Waals surface area contributed by atoms with E-state index >= 15 is 0 Å². The van der Waals surface area contributed by atoms with Crippen LogP contribution in [0.25, 0.3) is 0 Å². The molecule has 1 aromatic rings. The molecule has 0 aromatic carbocycles. The van der Waals surface area contributed by atoms with Crippen molar-refractivity contribution in [1.29, 1.82) is 0 Å². The molecule has 116 valence electrons. The van der Waals surface area contributed by atoms with Crippen molar-refractivity contribution >= 4 is 5.96 Å².